The van der Waals surface area contributed by atoms with Crippen LogP contribution in [0, 0.1) is 5.92 Å². The fourth-order valence-electron chi connectivity index (χ4n) is 3.38. The molecule has 1 N–H and O–H groups in total. The molecule has 102 valence electrons. The minimum atomic E-state index is -0.0618. The van der Waals surface area contributed by atoms with Crippen LogP contribution in [0.1, 0.15) is 32.3 Å². The molecule has 2 heterocycles. The number of nitrogens with zero attached hydrogens (tertiary/aromatic N) is 1. The number of fused-ring (bicyclic) bond motifs is 1. The molecule has 1 amide bonds. The molecule has 1 saturated heterocycles. The first-order valence-electron chi connectivity index (χ1n) is 7.30. The van der Waals surface area contributed by atoms with E-state index < -0.39 is 0 Å². The summed E-state index contributed by atoms with van der Waals surface area (Å²) in [6.07, 6.45) is 3.09. The smallest absolute Gasteiger partial charge is 0.245 e. The van der Waals surface area contributed by atoms with E-state index in [-0.39, 0.29) is 11.9 Å². The van der Waals surface area contributed by atoms with E-state index in [0.717, 1.165) is 37.4 Å². The van der Waals surface area contributed by atoms with Crippen LogP contribution >= 0.6 is 0 Å². The van der Waals surface area contributed by atoms with Crippen molar-refractivity contribution in [2.24, 2.45) is 5.92 Å². The molecule has 0 spiro atoms. The zero-order valence-corrected chi connectivity index (χ0v) is 11.7. The van der Waals surface area contributed by atoms with Gasteiger partial charge in [0.05, 0.1) is 0 Å². The molecule has 3 nitrogen and oxygen atoms in total. The van der Waals surface area contributed by atoms with E-state index in [2.05, 4.69) is 36.2 Å². The van der Waals surface area contributed by atoms with E-state index in [4.69, 9.17) is 0 Å². The largest absolute Gasteiger partial charge is 0.373 e. The number of anilines is 1. The maximum Gasteiger partial charge on any atom is 0.245 e. The van der Waals surface area contributed by atoms with Gasteiger partial charge in [-0.1, -0.05) is 25.1 Å². The highest BCUT2D eigenvalue weighted by molar-refractivity contribution is 5.87. The van der Waals surface area contributed by atoms with Crippen molar-refractivity contribution in [3.8, 4) is 0 Å². The molecule has 2 aliphatic rings. The molecule has 0 radical (unpaired) electrons. The summed E-state index contributed by atoms with van der Waals surface area (Å²) in [5, 5.41) is 3.37. The minimum absolute atomic E-state index is 0.0618. The lowest BCUT2D eigenvalue weighted by atomic mass is 9.92. The van der Waals surface area contributed by atoms with Crippen LogP contribution in [-0.2, 0) is 11.2 Å². The highest BCUT2D eigenvalue weighted by Gasteiger charge is 2.34. The van der Waals surface area contributed by atoms with Crippen molar-refractivity contribution >= 4 is 11.6 Å². The highest BCUT2D eigenvalue weighted by Crippen LogP contribution is 2.28. The predicted molar refractivity (Wildman–Crippen MR) is 77.1 cm³/mol. The van der Waals surface area contributed by atoms with Crippen LogP contribution in [0.3, 0.4) is 0 Å². The van der Waals surface area contributed by atoms with Gasteiger partial charge in [0.1, 0.15) is 6.04 Å². The van der Waals surface area contributed by atoms with Crippen molar-refractivity contribution in [1.29, 1.82) is 0 Å². The van der Waals surface area contributed by atoms with Gasteiger partial charge in [0.2, 0.25) is 5.91 Å². The third kappa shape index (κ3) is 2.34. The molecule has 2 unspecified atom stereocenters. The molecule has 3 atom stereocenters. The van der Waals surface area contributed by atoms with Crippen LogP contribution in [0.15, 0.2) is 24.3 Å². The number of hydrogen-bond acceptors (Lipinski definition) is 2. The van der Waals surface area contributed by atoms with Gasteiger partial charge >= 0.3 is 0 Å². The van der Waals surface area contributed by atoms with Crippen molar-refractivity contribution in [2.45, 2.75) is 45.2 Å². The molecule has 0 bridgehead atoms. The number of hydrogen-bond donors (Lipinski definition) is 1. The standard InChI is InChI=1S/C16H22N2O/c1-11-7-8-18(12(2)9-11)16(19)15-10-13-5-3-4-6-14(13)17-15/h3-6,11-12,15,17H,7-10H2,1-2H3/t11?,12?,15-/m0/s1. The zero-order chi connectivity index (χ0) is 13.4. The van der Waals surface area contributed by atoms with Gasteiger partial charge in [-0.15, -0.1) is 0 Å². The molecule has 1 aromatic rings. The summed E-state index contributed by atoms with van der Waals surface area (Å²) in [7, 11) is 0. The lowest BCUT2D eigenvalue weighted by Gasteiger charge is -2.38. The number of para-hydroxylation sites is 1. The molecule has 0 aliphatic carbocycles. The molecule has 3 rings (SSSR count). The van der Waals surface area contributed by atoms with E-state index in [1.807, 2.05) is 12.1 Å². The first kappa shape index (κ1) is 12.5. The molecule has 19 heavy (non-hydrogen) atoms. The van der Waals surface area contributed by atoms with Crippen LogP contribution in [0.25, 0.3) is 0 Å². The van der Waals surface area contributed by atoms with Crippen LogP contribution in [0.5, 0.6) is 0 Å². The molecule has 1 aromatic carbocycles. The Morgan fingerprint density at radius 2 is 2.11 bits per heavy atom. The Morgan fingerprint density at radius 3 is 2.84 bits per heavy atom. The van der Waals surface area contributed by atoms with Crippen LogP contribution in [-0.4, -0.2) is 29.4 Å². The van der Waals surface area contributed by atoms with Gasteiger partial charge in [-0.2, -0.15) is 0 Å². The summed E-state index contributed by atoms with van der Waals surface area (Å²) in [6, 6.07) is 8.54. The van der Waals surface area contributed by atoms with Crippen molar-refractivity contribution in [3.05, 3.63) is 29.8 Å². The molecule has 0 saturated carbocycles. The first-order valence-corrected chi connectivity index (χ1v) is 7.30. The highest BCUT2D eigenvalue weighted by atomic mass is 16.2. The molecular formula is C16H22N2O. The van der Waals surface area contributed by atoms with E-state index in [1.54, 1.807) is 0 Å². The van der Waals surface area contributed by atoms with Crippen LogP contribution in [0.4, 0.5) is 5.69 Å². The maximum atomic E-state index is 12.6. The molecule has 1 fully saturated rings. The Balaban J connectivity index is 1.70. The summed E-state index contributed by atoms with van der Waals surface area (Å²) in [4.78, 5) is 14.7. The Bertz CT molecular complexity index is 460. The summed E-state index contributed by atoms with van der Waals surface area (Å²) < 4.78 is 0. The lowest BCUT2D eigenvalue weighted by Crippen LogP contribution is -2.50. The number of carbonyl (C=O) groups is 1. The number of amides is 1. The third-order valence-corrected chi connectivity index (χ3v) is 4.49. The van der Waals surface area contributed by atoms with E-state index in [0.29, 0.717) is 6.04 Å². The Labute approximate surface area is 115 Å². The average molecular weight is 258 g/mol. The number of likely N-dealkylation sites (tertiary alicyclic amines) is 1. The quantitative estimate of drug-likeness (QED) is 0.840. The van der Waals surface area contributed by atoms with Crippen molar-refractivity contribution < 1.29 is 4.79 Å². The predicted octanol–water partition coefficient (Wildman–Crippen LogP) is 2.67. The van der Waals surface area contributed by atoms with Gasteiger partial charge in [0, 0.05) is 24.7 Å². The van der Waals surface area contributed by atoms with Gasteiger partial charge in [0.15, 0.2) is 0 Å². The number of benzene rings is 1. The Morgan fingerprint density at radius 1 is 1.32 bits per heavy atom. The van der Waals surface area contributed by atoms with Gasteiger partial charge in [-0.3, -0.25) is 4.79 Å². The van der Waals surface area contributed by atoms with Gasteiger partial charge in [-0.05, 0) is 37.3 Å². The second kappa shape index (κ2) is 4.87. The molecule has 2 aliphatic heterocycles. The van der Waals surface area contributed by atoms with E-state index >= 15 is 0 Å². The normalized spacial score (nSPS) is 29.8. The second-order valence-electron chi connectivity index (χ2n) is 6.07. The molecule has 0 aromatic heterocycles. The summed E-state index contributed by atoms with van der Waals surface area (Å²) in [5.41, 5.74) is 2.39. The number of nitrogens with one attached hydrogen (secondary N) is 1. The minimum Gasteiger partial charge on any atom is -0.373 e. The van der Waals surface area contributed by atoms with Crippen molar-refractivity contribution in [1.82, 2.24) is 4.90 Å². The van der Waals surface area contributed by atoms with Gasteiger partial charge < -0.3 is 10.2 Å². The van der Waals surface area contributed by atoms with Gasteiger partial charge in [0.25, 0.3) is 0 Å². The van der Waals surface area contributed by atoms with Crippen LogP contribution in [0.2, 0.25) is 0 Å². The van der Waals surface area contributed by atoms with Crippen molar-refractivity contribution in [2.75, 3.05) is 11.9 Å². The topological polar surface area (TPSA) is 32.3 Å². The average Bonchev–Trinajstić information content (AvgIpc) is 2.81. The molecular weight excluding hydrogens is 236 g/mol. The SMILES string of the molecule is CC1CCN(C(=O)[C@@H]2Cc3ccccc3N2)C(C)C1. The number of piperidine rings is 1. The maximum absolute atomic E-state index is 12.6. The Hall–Kier alpha value is -1.51. The second-order valence-corrected chi connectivity index (χ2v) is 6.07. The Kier molecular flexibility index (Phi) is 3.21. The number of carbonyl (C=O) groups excluding carboxylic acids is 1. The van der Waals surface area contributed by atoms with E-state index in [9.17, 15) is 4.79 Å². The summed E-state index contributed by atoms with van der Waals surface area (Å²) in [5.74, 6) is 1.02. The molecule has 3 heteroatoms. The summed E-state index contributed by atoms with van der Waals surface area (Å²) >= 11 is 0. The number of rotatable bonds is 1. The van der Waals surface area contributed by atoms with E-state index in [1.165, 1.54) is 5.56 Å². The zero-order valence-electron chi connectivity index (χ0n) is 11.7. The van der Waals surface area contributed by atoms with Crippen LogP contribution < -0.4 is 5.32 Å². The first-order chi connectivity index (χ1) is 9.15. The summed E-state index contributed by atoms with van der Waals surface area (Å²) in [6.45, 7) is 5.37. The monoisotopic (exact) mass is 258 g/mol. The fourth-order valence-corrected chi connectivity index (χ4v) is 3.38. The van der Waals surface area contributed by atoms with Gasteiger partial charge in [-0.25, -0.2) is 0 Å². The third-order valence-electron chi connectivity index (χ3n) is 4.49. The fraction of sp³-hybridized carbons (Fsp3) is 0.562. The van der Waals surface area contributed by atoms with Crippen molar-refractivity contribution in [3.63, 3.8) is 0 Å². The lowest BCUT2D eigenvalue weighted by molar-refractivity contribution is -0.135.